The van der Waals surface area contributed by atoms with Gasteiger partial charge in [-0.05, 0) is 112 Å². The number of benzene rings is 2. The minimum Gasteiger partial charge on any atom is -0.496 e. The van der Waals surface area contributed by atoms with Crippen molar-refractivity contribution in [1.29, 1.82) is 0 Å². The number of ether oxygens (including phenoxy) is 2. The highest BCUT2D eigenvalue weighted by molar-refractivity contribution is 6.62. The predicted molar refractivity (Wildman–Crippen MR) is 166 cm³/mol. The van der Waals surface area contributed by atoms with Crippen molar-refractivity contribution in [2.24, 2.45) is 23.7 Å². The fourth-order valence-electron chi connectivity index (χ4n) is 7.54. The van der Waals surface area contributed by atoms with E-state index in [9.17, 15) is 9.90 Å². The van der Waals surface area contributed by atoms with E-state index in [2.05, 4.69) is 0 Å². The Morgan fingerprint density at radius 2 is 1.57 bits per heavy atom. The number of hydrogen-bond donors (Lipinski definition) is 1. The maximum absolute atomic E-state index is 11.3. The molecule has 4 aliphatic carbocycles. The fraction of sp³-hybridized carbons (Fsp3) is 0.500. The Morgan fingerprint density at radius 3 is 2.12 bits per heavy atom. The summed E-state index contributed by atoms with van der Waals surface area (Å²) in [6.07, 6.45) is 8.94. The molecular weight excluding hydrogens is 551 g/mol. The van der Waals surface area contributed by atoms with Gasteiger partial charge in [0.1, 0.15) is 18.1 Å². The van der Waals surface area contributed by atoms with Gasteiger partial charge in [0.2, 0.25) is 0 Å². The van der Waals surface area contributed by atoms with Crippen LogP contribution in [0.15, 0.2) is 48.0 Å². The molecule has 4 bridgehead atoms. The van der Waals surface area contributed by atoms with Gasteiger partial charge in [0.25, 0.3) is 0 Å². The highest BCUT2D eigenvalue weighted by atomic mass is 35.5. The van der Waals surface area contributed by atoms with Gasteiger partial charge < -0.3 is 23.9 Å². The van der Waals surface area contributed by atoms with Gasteiger partial charge in [-0.15, -0.1) is 0 Å². The van der Waals surface area contributed by atoms with Gasteiger partial charge in [0.15, 0.2) is 0 Å². The zero-order valence-electron chi connectivity index (χ0n) is 25.1. The van der Waals surface area contributed by atoms with Crippen molar-refractivity contribution in [1.82, 2.24) is 0 Å². The molecule has 4 saturated carbocycles. The molecule has 2 aromatic carbocycles. The largest absolute Gasteiger partial charge is 0.496 e. The second-order valence-corrected chi connectivity index (χ2v) is 13.8. The summed E-state index contributed by atoms with van der Waals surface area (Å²) >= 11 is 7.09. The summed E-state index contributed by atoms with van der Waals surface area (Å²) in [7, 11) is 1.29. The lowest BCUT2D eigenvalue weighted by molar-refractivity contribution is -0.131. The van der Waals surface area contributed by atoms with Crippen LogP contribution in [-0.4, -0.2) is 36.5 Å². The van der Waals surface area contributed by atoms with Crippen molar-refractivity contribution in [2.75, 3.05) is 7.11 Å². The van der Waals surface area contributed by atoms with E-state index in [0.717, 1.165) is 40.3 Å². The molecule has 1 aliphatic heterocycles. The molecule has 1 N–H and O–H groups in total. The summed E-state index contributed by atoms with van der Waals surface area (Å²) in [5, 5.41) is 9.72. The van der Waals surface area contributed by atoms with Crippen LogP contribution in [0.5, 0.6) is 5.75 Å². The second kappa shape index (κ2) is 11.1. The molecule has 0 spiro atoms. The van der Waals surface area contributed by atoms with Gasteiger partial charge in [0, 0.05) is 17.2 Å². The van der Waals surface area contributed by atoms with Crippen LogP contribution >= 0.6 is 11.6 Å². The minimum absolute atomic E-state index is 0.258. The van der Waals surface area contributed by atoms with Crippen LogP contribution in [0.25, 0.3) is 11.8 Å². The average molecular weight is 591 g/mol. The van der Waals surface area contributed by atoms with Crippen LogP contribution in [0.2, 0.25) is 5.02 Å². The number of methoxy groups -OCH3 is 1. The Morgan fingerprint density at radius 1 is 0.976 bits per heavy atom. The van der Waals surface area contributed by atoms with Crippen LogP contribution in [-0.2, 0) is 25.4 Å². The molecule has 1 heterocycles. The highest BCUT2D eigenvalue weighted by Crippen LogP contribution is 2.58. The van der Waals surface area contributed by atoms with Crippen molar-refractivity contribution in [3.63, 3.8) is 0 Å². The Labute approximate surface area is 254 Å². The second-order valence-electron chi connectivity index (χ2n) is 13.4. The van der Waals surface area contributed by atoms with Gasteiger partial charge in [-0.25, -0.2) is 4.79 Å². The van der Waals surface area contributed by atoms with E-state index < -0.39 is 24.3 Å². The van der Waals surface area contributed by atoms with Crippen molar-refractivity contribution < 1.29 is 28.7 Å². The van der Waals surface area contributed by atoms with E-state index in [-0.39, 0.29) is 6.61 Å². The number of carboxylic acids is 1. The van der Waals surface area contributed by atoms with Crippen LogP contribution in [0, 0.1) is 23.7 Å². The molecule has 0 unspecified atom stereocenters. The van der Waals surface area contributed by atoms with Gasteiger partial charge >= 0.3 is 13.1 Å². The summed E-state index contributed by atoms with van der Waals surface area (Å²) in [5.41, 5.74) is 3.88. The predicted octanol–water partition coefficient (Wildman–Crippen LogP) is 7.13. The van der Waals surface area contributed by atoms with Crippen molar-refractivity contribution in [3.05, 3.63) is 69.8 Å². The van der Waals surface area contributed by atoms with E-state index in [1.165, 1.54) is 43.8 Å². The summed E-state index contributed by atoms with van der Waals surface area (Å²) in [6.45, 7) is 8.41. The van der Waals surface area contributed by atoms with Gasteiger partial charge in [-0.2, -0.15) is 0 Å². The summed E-state index contributed by atoms with van der Waals surface area (Å²) in [4.78, 5) is 11.3. The molecular formula is C34H40BClO6. The molecule has 7 rings (SSSR count). The standard InChI is InChI=1S/C34H40BClO6/c1-33(2)34(3,4)42-35(41-33)26-10-6-20(7-11-26)19-40-31-23(9-13-28(37)38)8-12-27(30(31)36)32(39-5)29-24-15-21-14-22(17-24)18-25(29)16-21/h6-13,21-22,24-25H,14-19H2,1-5H3,(H,37,38)/b13-9+,32-29?/t21-,22+,24?,25?. The summed E-state index contributed by atoms with van der Waals surface area (Å²) in [6, 6.07) is 11.8. The van der Waals surface area contributed by atoms with Gasteiger partial charge in [-0.1, -0.05) is 41.9 Å². The maximum atomic E-state index is 11.3. The first-order valence-electron chi connectivity index (χ1n) is 15.0. The Hall–Kier alpha value is -2.74. The van der Waals surface area contributed by atoms with Crippen LogP contribution < -0.4 is 10.2 Å². The number of carboxylic acid groups (broad SMARTS) is 1. The lowest BCUT2D eigenvalue weighted by Crippen LogP contribution is -2.41. The first-order valence-corrected chi connectivity index (χ1v) is 15.4. The molecule has 0 aromatic heterocycles. The number of allylic oxidation sites excluding steroid dienone is 1. The third kappa shape index (κ3) is 5.40. The minimum atomic E-state index is -1.03. The summed E-state index contributed by atoms with van der Waals surface area (Å²) < 4.78 is 24.8. The number of halogens is 1. The first kappa shape index (κ1) is 29.3. The molecule has 5 aliphatic rings. The molecule has 0 atom stereocenters. The SMILES string of the molecule is COC(=C1C2C[C@H]3CC1C[C@@H](C2)C3)c1ccc(/C=C/C(=O)O)c(OCc2ccc(B3OC(C)(C)C(C)(C)O3)cc2)c1Cl. The van der Waals surface area contributed by atoms with E-state index in [0.29, 0.717) is 28.2 Å². The molecule has 0 amide bonds. The molecule has 5 fully saturated rings. The van der Waals surface area contributed by atoms with Crippen molar-refractivity contribution >= 4 is 42.0 Å². The van der Waals surface area contributed by atoms with E-state index in [4.69, 9.17) is 30.4 Å². The third-order valence-corrected chi connectivity index (χ3v) is 10.5. The number of rotatable bonds is 8. The Kier molecular flexibility index (Phi) is 7.74. The lowest BCUT2D eigenvalue weighted by atomic mass is 9.54. The smallest absolute Gasteiger partial charge is 0.494 e. The van der Waals surface area contributed by atoms with Crippen molar-refractivity contribution in [2.45, 2.75) is 77.6 Å². The molecule has 0 radical (unpaired) electrons. The molecule has 42 heavy (non-hydrogen) atoms. The zero-order chi connectivity index (χ0) is 29.8. The monoisotopic (exact) mass is 590 g/mol. The van der Waals surface area contributed by atoms with E-state index in [1.807, 2.05) is 64.1 Å². The Balaban J connectivity index is 1.28. The topological polar surface area (TPSA) is 74.2 Å². The molecule has 222 valence electrons. The average Bonchev–Trinajstić information content (AvgIpc) is 3.15. The molecule has 2 aromatic rings. The number of hydrogen-bond acceptors (Lipinski definition) is 5. The zero-order valence-corrected chi connectivity index (χ0v) is 25.9. The number of carbonyl (C=O) groups is 1. The lowest BCUT2D eigenvalue weighted by Gasteiger charge is -2.51. The van der Waals surface area contributed by atoms with E-state index >= 15 is 0 Å². The normalized spacial score (nSPS) is 27.1. The highest BCUT2D eigenvalue weighted by Gasteiger charge is 2.51. The molecule has 1 saturated heterocycles. The maximum Gasteiger partial charge on any atom is 0.494 e. The summed E-state index contributed by atoms with van der Waals surface area (Å²) in [5.74, 6) is 3.04. The fourth-order valence-corrected chi connectivity index (χ4v) is 7.85. The Bertz CT molecular complexity index is 1380. The van der Waals surface area contributed by atoms with Crippen LogP contribution in [0.1, 0.15) is 76.5 Å². The third-order valence-electron chi connectivity index (χ3n) is 10.2. The molecule has 8 heteroatoms. The van der Waals surface area contributed by atoms with Gasteiger partial charge in [0.05, 0.1) is 23.3 Å². The van der Waals surface area contributed by atoms with Gasteiger partial charge in [-0.3, -0.25) is 0 Å². The number of aliphatic carboxylic acids is 1. The van der Waals surface area contributed by atoms with Crippen LogP contribution in [0.3, 0.4) is 0 Å². The van der Waals surface area contributed by atoms with Crippen LogP contribution in [0.4, 0.5) is 0 Å². The van der Waals surface area contributed by atoms with Crippen molar-refractivity contribution in [3.8, 4) is 5.75 Å². The van der Waals surface area contributed by atoms with E-state index in [1.54, 1.807) is 7.11 Å². The quantitative estimate of drug-likeness (QED) is 0.200. The first-order chi connectivity index (χ1) is 20.0. The molecule has 6 nitrogen and oxygen atoms in total.